The quantitative estimate of drug-likeness (QED) is 0.866. The van der Waals surface area contributed by atoms with E-state index in [1.165, 1.54) is 30.2 Å². The predicted molar refractivity (Wildman–Crippen MR) is 82.3 cm³/mol. The first kappa shape index (κ1) is 15.5. The smallest absolute Gasteiger partial charge is 0.208 e. The third-order valence-corrected chi connectivity index (χ3v) is 4.58. The summed E-state index contributed by atoms with van der Waals surface area (Å²) < 4.78 is 24.7. The normalized spacial score (nSPS) is 20.4. The molecule has 1 fully saturated rings. The Morgan fingerprint density at radius 3 is 2.65 bits per heavy atom. The van der Waals surface area contributed by atoms with Gasteiger partial charge >= 0.3 is 0 Å². The lowest BCUT2D eigenvalue weighted by molar-refractivity contribution is 0.257. The fourth-order valence-corrected chi connectivity index (χ4v) is 3.25. The largest absolute Gasteiger partial charge is 0.299 e. The fourth-order valence-electron chi connectivity index (χ4n) is 2.79. The third kappa shape index (κ3) is 4.89. The van der Waals surface area contributed by atoms with Gasteiger partial charge in [-0.2, -0.15) is 0 Å². The molecule has 1 aliphatic heterocycles. The molecule has 0 saturated carbocycles. The number of sulfonamides is 1. The number of hydrogen-bond acceptors (Lipinski definition) is 3. The molecule has 1 aromatic rings. The Morgan fingerprint density at radius 2 is 2.00 bits per heavy atom. The van der Waals surface area contributed by atoms with Crippen LogP contribution in [0.1, 0.15) is 24.0 Å². The molecule has 0 aromatic heterocycles. The summed E-state index contributed by atoms with van der Waals surface area (Å²) in [4.78, 5) is 2.40. The van der Waals surface area contributed by atoms with E-state index in [0.717, 1.165) is 19.5 Å². The number of rotatable bonds is 6. The number of hydrogen-bond donors (Lipinski definition) is 1. The van der Waals surface area contributed by atoms with Crippen molar-refractivity contribution in [3.05, 3.63) is 35.4 Å². The van der Waals surface area contributed by atoms with Crippen LogP contribution in [0, 0.1) is 6.92 Å². The zero-order chi connectivity index (χ0) is 14.6. The van der Waals surface area contributed by atoms with Crippen molar-refractivity contribution >= 4 is 10.0 Å². The minimum absolute atomic E-state index is 0.503. The zero-order valence-electron chi connectivity index (χ0n) is 12.3. The van der Waals surface area contributed by atoms with Crippen LogP contribution in [0.3, 0.4) is 0 Å². The van der Waals surface area contributed by atoms with Crippen LogP contribution < -0.4 is 4.72 Å². The van der Waals surface area contributed by atoms with Crippen molar-refractivity contribution < 1.29 is 8.42 Å². The van der Waals surface area contributed by atoms with Gasteiger partial charge in [0.15, 0.2) is 0 Å². The summed E-state index contributed by atoms with van der Waals surface area (Å²) in [5, 5.41) is 0. The lowest BCUT2D eigenvalue weighted by atomic mass is 10.0. The SMILES string of the molecule is Cc1ccc(C[C@H]2CCCN2CCNS(C)(=O)=O)cc1. The monoisotopic (exact) mass is 296 g/mol. The van der Waals surface area contributed by atoms with Crippen molar-refractivity contribution in [1.82, 2.24) is 9.62 Å². The summed E-state index contributed by atoms with van der Waals surface area (Å²) in [5.41, 5.74) is 2.65. The van der Waals surface area contributed by atoms with E-state index in [4.69, 9.17) is 0 Å². The van der Waals surface area contributed by atoms with Gasteiger partial charge in [-0.15, -0.1) is 0 Å². The average molecular weight is 296 g/mol. The highest BCUT2D eigenvalue weighted by molar-refractivity contribution is 7.88. The van der Waals surface area contributed by atoms with Gasteiger partial charge in [-0.1, -0.05) is 29.8 Å². The third-order valence-electron chi connectivity index (χ3n) is 3.85. The van der Waals surface area contributed by atoms with E-state index in [0.29, 0.717) is 12.6 Å². The van der Waals surface area contributed by atoms with Crippen molar-refractivity contribution in [3.8, 4) is 0 Å². The maximum absolute atomic E-state index is 11.1. The summed E-state index contributed by atoms with van der Waals surface area (Å²) in [5.74, 6) is 0. The molecule has 20 heavy (non-hydrogen) atoms. The van der Waals surface area contributed by atoms with E-state index in [-0.39, 0.29) is 0 Å². The molecule has 1 atom stereocenters. The maximum atomic E-state index is 11.1. The van der Waals surface area contributed by atoms with E-state index in [9.17, 15) is 8.42 Å². The first-order chi connectivity index (χ1) is 9.44. The molecule has 1 aliphatic rings. The van der Waals surface area contributed by atoms with Gasteiger partial charge in [-0.05, 0) is 38.3 Å². The molecule has 1 N–H and O–H groups in total. The molecule has 112 valence electrons. The molecule has 0 radical (unpaired) electrons. The number of nitrogens with zero attached hydrogens (tertiary/aromatic N) is 1. The van der Waals surface area contributed by atoms with Crippen LogP contribution in [0.15, 0.2) is 24.3 Å². The number of nitrogens with one attached hydrogen (secondary N) is 1. The minimum atomic E-state index is -3.07. The first-order valence-electron chi connectivity index (χ1n) is 7.18. The Labute approximate surface area is 122 Å². The molecule has 0 bridgehead atoms. The Morgan fingerprint density at radius 1 is 1.30 bits per heavy atom. The Bertz CT molecular complexity index is 525. The van der Waals surface area contributed by atoms with Gasteiger partial charge in [0.1, 0.15) is 0 Å². The molecule has 0 amide bonds. The second-order valence-electron chi connectivity index (χ2n) is 5.69. The fraction of sp³-hybridized carbons (Fsp3) is 0.600. The second kappa shape index (κ2) is 6.70. The lowest BCUT2D eigenvalue weighted by Crippen LogP contribution is -2.38. The highest BCUT2D eigenvalue weighted by atomic mass is 32.2. The Balaban J connectivity index is 1.85. The minimum Gasteiger partial charge on any atom is -0.299 e. The van der Waals surface area contributed by atoms with Gasteiger partial charge in [-0.25, -0.2) is 13.1 Å². The Kier molecular flexibility index (Phi) is 5.18. The summed E-state index contributed by atoms with van der Waals surface area (Å²) in [6.45, 7) is 4.47. The maximum Gasteiger partial charge on any atom is 0.208 e. The van der Waals surface area contributed by atoms with E-state index in [1.807, 2.05) is 0 Å². The molecular weight excluding hydrogens is 272 g/mol. The van der Waals surface area contributed by atoms with Crippen LogP contribution in [0.5, 0.6) is 0 Å². The molecular formula is C15H24N2O2S. The topological polar surface area (TPSA) is 49.4 Å². The molecule has 5 heteroatoms. The first-order valence-corrected chi connectivity index (χ1v) is 9.07. The van der Waals surface area contributed by atoms with Crippen molar-refractivity contribution in [1.29, 1.82) is 0 Å². The Hall–Kier alpha value is -0.910. The molecule has 1 saturated heterocycles. The summed E-state index contributed by atoms with van der Waals surface area (Å²) in [6.07, 6.45) is 4.67. The molecule has 1 heterocycles. The lowest BCUT2D eigenvalue weighted by Gasteiger charge is -2.24. The van der Waals surface area contributed by atoms with Gasteiger partial charge in [0, 0.05) is 19.1 Å². The number of benzene rings is 1. The standard InChI is InChI=1S/C15H24N2O2S/c1-13-5-7-14(8-6-13)12-15-4-3-10-17(15)11-9-16-20(2,18)19/h5-8,15-16H,3-4,9-12H2,1-2H3/t15-/m1/s1. The number of aryl methyl sites for hydroxylation is 1. The van der Waals surface area contributed by atoms with E-state index < -0.39 is 10.0 Å². The van der Waals surface area contributed by atoms with Gasteiger partial charge in [0.25, 0.3) is 0 Å². The molecule has 2 rings (SSSR count). The van der Waals surface area contributed by atoms with Crippen LogP contribution >= 0.6 is 0 Å². The number of likely N-dealkylation sites (tertiary alicyclic amines) is 1. The molecule has 0 unspecified atom stereocenters. The van der Waals surface area contributed by atoms with Gasteiger partial charge in [-0.3, -0.25) is 4.90 Å². The highest BCUT2D eigenvalue weighted by Crippen LogP contribution is 2.20. The van der Waals surface area contributed by atoms with Crippen LogP contribution in [-0.2, 0) is 16.4 Å². The summed E-state index contributed by atoms with van der Waals surface area (Å²) in [6, 6.07) is 9.24. The molecule has 1 aromatic carbocycles. The van der Waals surface area contributed by atoms with Crippen molar-refractivity contribution in [2.24, 2.45) is 0 Å². The molecule has 0 aliphatic carbocycles. The van der Waals surface area contributed by atoms with Crippen LogP contribution in [0.2, 0.25) is 0 Å². The van der Waals surface area contributed by atoms with E-state index in [1.54, 1.807) is 0 Å². The summed E-state index contributed by atoms with van der Waals surface area (Å²) in [7, 11) is -3.07. The van der Waals surface area contributed by atoms with E-state index >= 15 is 0 Å². The average Bonchev–Trinajstić information content (AvgIpc) is 2.78. The van der Waals surface area contributed by atoms with Crippen LogP contribution in [-0.4, -0.2) is 45.2 Å². The van der Waals surface area contributed by atoms with Gasteiger partial charge < -0.3 is 0 Å². The van der Waals surface area contributed by atoms with Crippen molar-refractivity contribution in [2.75, 3.05) is 25.9 Å². The van der Waals surface area contributed by atoms with Crippen LogP contribution in [0.25, 0.3) is 0 Å². The van der Waals surface area contributed by atoms with Gasteiger partial charge in [0.2, 0.25) is 10.0 Å². The molecule has 0 spiro atoms. The van der Waals surface area contributed by atoms with Crippen LogP contribution in [0.4, 0.5) is 0 Å². The van der Waals surface area contributed by atoms with Crippen molar-refractivity contribution in [3.63, 3.8) is 0 Å². The second-order valence-corrected chi connectivity index (χ2v) is 7.52. The zero-order valence-corrected chi connectivity index (χ0v) is 13.1. The highest BCUT2D eigenvalue weighted by Gasteiger charge is 2.24. The predicted octanol–water partition coefficient (Wildman–Crippen LogP) is 1.55. The van der Waals surface area contributed by atoms with E-state index in [2.05, 4.69) is 40.8 Å². The summed E-state index contributed by atoms with van der Waals surface area (Å²) >= 11 is 0. The van der Waals surface area contributed by atoms with Crippen molar-refractivity contribution in [2.45, 2.75) is 32.2 Å². The molecule has 4 nitrogen and oxygen atoms in total. The van der Waals surface area contributed by atoms with Gasteiger partial charge in [0.05, 0.1) is 6.26 Å².